The molecule has 2 aromatic rings. The first-order valence-electron chi connectivity index (χ1n) is 11.0. The van der Waals surface area contributed by atoms with Crippen LogP contribution in [0.25, 0.3) is 6.08 Å². The number of carbonyl (C=O) groups excluding carboxylic acids is 1. The molecule has 1 aliphatic carbocycles. The van der Waals surface area contributed by atoms with Crippen LogP contribution in [-0.4, -0.2) is 16.9 Å². The third kappa shape index (κ3) is 5.88. The zero-order valence-corrected chi connectivity index (χ0v) is 20.4. The number of pyridine rings is 1. The van der Waals surface area contributed by atoms with Gasteiger partial charge in [0, 0.05) is 45.1 Å². The van der Waals surface area contributed by atoms with Crippen molar-refractivity contribution in [2.24, 2.45) is 0 Å². The number of carbonyl (C=O) groups is 1. The lowest BCUT2D eigenvalue weighted by Gasteiger charge is -2.19. The minimum atomic E-state index is -0.190. The largest absolute Gasteiger partial charge is 0.382 e. The van der Waals surface area contributed by atoms with Crippen LogP contribution in [0.2, 0.25) is 0 Å². The van der Waals surface area contributed by atoms with Crippen LogP contribution >= 0.6 is 15.9 Å². The van der Waals surface area contributed by atoms with Crippen LogP contribution in [0.15, 0.2) is 33.0 Å². The highest BCUT2D eigenvalue weighted by atomic mass is 79.9. The third-order valence-electron chi connectivity index (χ3n) is 5.97. The average molecular weight is 486 g/mol. The van der Waals surface area contributed by atoms with Gasteiger partial charge in [-0.3, -0.25) is 9.59 Å². The summed E-state index contributed by atoms with van der Waals surface area (Å²) in [4.78, 5) is 28.4. The van der Waals surface area contributed by atoms with Crippen molar-refractivity contribution in [1.29, 1.82) is 0 Å². The minimum absolute atomic E-state index is 0.155. The maximum Gasteiger partial charge on any atom is 0.253 e. The van der Waals surface area contributed by atoms with E-state index in [1.807, 2.05) is 26.0 Å². The zero-order chi connectivity index (χ0) is 22.5. The van der Waals surface area contributed by atoms with Crippen molar-refractivity contribution in [3.63, 3.8) is 0 Å². The fourth-order valence-corrected chi connectivity index (χ4v) is 4.54. The number of anilines is 1. The van der Waals surface area contributed by atoms with E-state index < -0.39 is 0 Å². The number of aromatic amines is 1. The summed E-state index contributed by atoms with van der Waals surface area (Å²) in [7, 11) is 0. The molecular formula is C25H32BrN3O2. The molecule has 0 radical (unpaired) electrons. The van der Waals surface area contributed by atoms with Crippen molar-refractivity contribution >= 4 is 33.6 Å². The molecule has 1 fully saturated rings. The molecule has 0 atom stereocenters. The molecular weight excluding hydrogens is 454 g/mol. The Balaban J connectivity index is 1.93. The lowest BCUT2D eigenvalue weighted by Crippen LogP contribution is -2.28. The van der Waals surface area contributed by atoms with Gasteiger partial charge in [0.2, 0.25) is 0 Å². The van der Waals surface area contributed by atoms with E-state index in [1.165, 1.54) is 18.4 Å². The van der Waals surface area contributed by atoms with E-state index in [0.717, 1.165) is 46.2 Å². The van der Waals surface area contributed by atoms with Crippen LogP contribution in [0, 0.1) is 13.8 Å². The zero-order valence-electron chi connectivity index (χ0n) is 18.8. The van der Waals surface area contributed by atoms with E-state index in [-0.39, 0.29) is 18.0 Å². The molecule has 0 bridgehead atoms. The third-order valence-corrected chi connectivity index (χ3v) is 6.43. The normalized spacial score (nSPS) is 14.7. The van der Waals surface area contributed by atoms with Gasteiger partial charge in [-0.25, -0.2) is 0 Å². The molecule has 0 aliphatic heterocycles. The number of allylic oxidation sites excluding steroid dienone is 1. The first-order valence-corrected chi connectivity index (χ1v) is 11.8. The number of halogens is 1. The van der Waals surface area contributed by atoms with Crippen molar-refractivity contribution in [2.45, 2.75) is 72.4 Å². The second kappa shape index (κ2) is 10.3. The Labute approximate surface area is 192 Å². The van der Waals surface area contributed by atoms with Crippen LogP contribution < -0.4 is 16.2 Å². The highest BCUT2D eigenvalue weighted by Crippen LogP contribution is 2.31. The van der Waals surface area contributed by atoms with E-state index in [0.29, 0.717) is 17.2 Å². The van der Waals surface area contributed by atoms with E-state index in [1.54, 1.807) is 0 Å². The molecule has 3 N–H and O–H groups in total. The summed E-state index contributed by atoms with van der Waals surface area (Å²) < 4.78 is 0.855. The molecule has 0 spiro atoms. The monoisotopic (exact) mass is 485 g/mol. The van der Waals surface area contributed by atoms with Gasteiger partial charge in [-0.1, -0.05) is 47.3 Å². The van der Waals surface area contributed by atoms with Crippen molar-refractivity contribution in [1.82, 2.24) is 10.3 Å². The summed E-state index contributed by atoms with van der Waals surface area (Å²) in [6.07, 6.45) is 7.80. The van der Waals surface area contributed by atoms with Crippen molar-refractivity contribution in [2.75, 3.05) is 5.32 Å². The summed E-state index contributed by atoms with van der Waals surface area (Å²) in [6, 6.07) is 6.27. The van der Waals surface area contributed by atoms with Gasteiger partial charge >= 0.3 is 0 Å². The van der Waals surface area contributed by atoms with E-state index >= 15 is 0 Å². The maximum absolute atomic E-state index is 13.2. The van der Waals surface area contributed by atoms with Crippen LogP contribution in [0.1, 0.15) is 78.7 Å². The number of benzene rings is 1. The smallest absolute Gasteiger partial charge is 0.253 e. The topological polar surface area (TPSA) is 74.0 Å². The van der Waals surface area contributed by atoms with Gasteiger partial charge in [0.25, 0.3) is 11.5 Å². The van der Waals surface area contributed by atoms with Crippen LogP contribution in [0.4, 0.5) is 5.69 Å². The van der Waals surface area contributed by atoms with Crippen molar-refractivity contribution < 1.29 is 4.79 Å². The summed E-state index contributed by atoms with van der Waals surface area (Å²) in [5.74, 6) is -0.190. The minimum Gasteiger partial charge on any atom is -0.382 e. The number of H-pyrrole nitrogens is 1. The molecule has 1 saturated carbocycles. The van der Waals surface area contributed by atoms with Gasteiger partial charge in [0.05, 0.1) is 0 Å². The second-order valence-corrected chi connectivity index (χ2v) is 9.43. The van der Waals surface area contributed by atoms with E-state index in [9.17, 15) is 9.59 Å². The highest BCUT2D eigenvalue weighted by Gasteiger charge is 2.20. The predicted molar refractivity (Wildman–Crippen MR) is 132 cm³/mol. The fourth-order valence-electron chi connectivity index (χ4n) is 4.08. The number of hydrogen-bond acceptors (Lipinski definition) is 3. The summed E-state index contributed by atoms with van der Waals surface area (Å²) in [5, 5.41) is 6.62. The molecule has 0 unspecified atom stereocenters. The number of hydrogen-bond donors (Lipinski definition) is 3. The summed E-state index contributed by atoms with van der Waals surface area (Å²) >= 11 is 3.58. The Kier molecular flexibility index (Phi) is 7.76. The average Bonchev–Trinajstić information content (AvgIpc) is 3.21. The first-order chi connectivity index (χ1) is 14.8. The van der Waals surface area contributed by atoms with Crippen LogP contribution in [0.3, 0.4) is 0 Å². The fraction of sp³-hybridized carbons (Fsp3) is 0.440. The van der Waals surface area contributed by atoms with Crippen LogP contribution in [0.5, 0.6) is 0 Å². The Hall–Kier alpha value is -2.34. The Morgan fingerprint density at radius 3 is 2.58 bits per heavy atom. The summed E-state index contributed by atoms with van der Waals surface area (Å²) in [5.41, 5.74) is 5.80. The second-order valence-electron chi connectivity index (χ2n) is 8.51. The lowest BCUT2D eigenvalue weighted by atomic mass is 10.00. The molecule has 1 aliphatic rings. The predicted octanol–water partition coefficient (Wildman–Crippen LogP) is 5.85. The number of nitrogens with one attached hydrogen (secondary N) is 3. The Bertz CT molecular complexity index is 1050. The van der Waals surface area contributed by atoms with Gasteiger partial charge in [0.15, 0.2) is 0 Å². The van der Waals surface area contributed by atoms with Gasteiger partial charge in [-0.15, -0.1) is 0 Å². The molecule has 0 saturated heterocycles. The molecule has 3 rings (SSSR count). The van der Waals surface area contributed by atoms with Crippen molar-refractivity contribution in [3.8, 4) is 0 Å². The SMILES string of the molecule is CCC(C)=Cc1c(NC2CCCC2)cc(Br)cc1C(=O)NCc1c(C)cc(C)[nH]c1=O. The molecule has 166 valence electrons. The highest BCUT2D eigenvalue weighted by molar-refractivity contribution is 9.10. The lowest BCUT2D eigenvalue weighted by molar-refractivity contribution is 0.0950. The molecule has 1 amide bonds. The van der Waals surface area contributed by atoms with Gasteiger partial charge in [-0.2, -0.15) is 0 Å². The first kappa shape index (κ1) is 23.3. The van der Waals surface area contributed by atoms with Crippen molar-refractivity contribution in [3.05, 3.63) is 66.5 Å². The maximum atomic E-state index is 13.2. The Morgan fingerprint density at radius 1 is 1.23 bits per heavy atom. The number of amides is 1. The number of aromatic nitrogens is 1. The molecule has 1 aromatic heterocycles. The van der Waals surface area contributed by atoms with Gasteiger partial charge in [0.1, 0.15) is 0 Å². The Morgan fingerprint density at radius 2 is 1.94 bits per heavy atom. The molecule has 31 heavy (non-hydrogen) atoms. The van der Waals surface area contributed by atoms with E-state index in [2.05, 4.69) is 57.5 Å². The molecule has 1 heterocycles. The van der Waals surface area contributed by atoms with Crippen LogP contribution in [-0.2, 0) is 6.54 Å². The van der Waals surface area contributed by atoms with Gasteiger partial charge in [-0.05, 0) is 63.8 Å². The quantitative estimate of drug-likeness (QED) is 0.460. The number of aryl methyl sites for hydroxylation is 2. The molecule has 5 nitrogen and oxygen atoms in total. The molecule has 6 heteroatoms. The summed E-state index contributed by atoms with van der Waals surface area (Å²) in [6.45, 7) is 8.13. The molecule has 1 aromatic carbocycles. The standard InChI is InChI=1S/C25H32BrN3O2/c1-5-15(2)10-20-21(12-18(26)13-23(20)29-19-8-6-7-9-19)24(30)27-14-22-16(3)11-17(4)28-25(22)31/h10-13,19,29H,5-9,14H2,1-4H3,(H,27,30)(H,28,31). The number of rotatable bonds is 7. The van der Waals surface area contributed by atoms with Gasteiger partial charge < -0.3 is 15.6 Å². The van der Waals surface area contributed by atoms with E-state index in [4.69, 9.17) is 0 Å².